The maximum absolute atomic E-state index is 12.7. The molecular formula is C46H86NO7+. The van der Waals surface area contributed by atoms with Gasteiger partial charge in [-0.1, -0.05) is 141 Å². The second kappa shape index (κ2) is 37.7. The Hall–Kier alpha value is -2.19. The quantitative estimate of drug-likeness (QED) is 0.0287. The van der Waals surface area contributed by atoms with Gasteiger partial charge in [0.2, 0.25) is 0 Å². The molecule has 0 radical (unpaired) electrons. The van der Waals surface area contributed by atoms with Gasteiger partial charge in [-0.25, -0.2) is 4.79 Å². The van der Waals surface area contributed by atoms with Crippen LogP contribution >= 0.6 is 0 Å². The number of unbranched alkanes of at least 4 members (excludes halogenated alkanes) is 22. The number of likely N-dealkylation sites (N-methyl/N-ethyl adjacent to an activating group) is 1. The normalized spacial score (nSPS) is 13.1. The van der Waals surface area contributed by atoms with Crippen molar-refractivity contribution in [2.24, 2.45) is 0 Å². The third-order valence-corrected chi connectivity index (χ3v) is 10.1. The molecule has 8 heteroatoms. The Balaban J connectivity index is 4.36. The van der Waals surface area contributed by atoms with E-state index in [-0.39, 0.29) is 36.2 Å². The summed E-state index contributed by atoms with van der Waals surface area (Å²) >= 11 is 0. The number of hydrogen-bond donors (Lipinski definition) is 1. The van der Waals surface area contributed by atoms with Crippen molar-refractivity contribution in [1.29, 1.82) is 0 Å². The van der Waals surface area contributed by atoms with Crippen molar-refractivity contribution in [3.8, 4) is 0 Å². The van der Waals surface area contributed by atoms with Crippen LogP contribution in [0.5, 0.6) is 0 Å². The standard InChI is InChI=1S/C46H85NO7/c1-6-8-10-12-14-16-18-20-22-23-25-27-29-31-33-35-37-45(49)54-42(40-52-39-38-43(46(50)51)47(3,4)5)41-53-44(48)36-34-32-30-28-26-24-21-19-17-15-13-11-9-7-2/h19,21-23,42-43H,6-18,20,24-41H2,1-5H3/p+1/b21-19-,23-22-. The first-order valence-corrected chi connectivity index (χ1v) is 22.4. The first-order chi connectivity index (χ1) is 26.1. The van der Waals surface area contributed by atoms with Crippen molar-refractivity contribution in [3.63, 3.8) is 0 Å². The molecule has 0 aliphatic rings. The van der Waals surface area contributed by atoms with E-state index in [9.17, 15) is 19.5 Å². The molecule has 0 aromatic carbocycles. The lowest BCUT2D eigenvalue weighted by molar-refractivity contribution is -0.887. The van der Waals surface area contributed by atoms with Crippen molar-refractivity contribution in [2.45, 2.75) is 212 Å². The molecule has 0 saturated heterocycles. The predicted molar refractivity (Wildman–Crippen MR) is 225 cm³/mol. The average Bonchev–Trinajstić information content (AvgIpc) is 3.12. The van der Waals surface area contributed by atoms with Crippen LogP contribution in [0.1, 0.15) is 200 Å². The largest absolute Gasteiger partial charge is 0.477 e. The fourth-order valence-corrected chi connectivity index (χ4v) is 6.55. The summed E-state index contributed by atoms with van der Waals surface area (Å²) < 4.78 is 17.3. The molecule has 0 aromatic rings. The third-order valence-electron chi connectivity index (χ3n) is 10.1. The number of aliphatic carboxylic acids is 1. The molecule has 0 rings (SSSR count). The summed E-state index contributed by atoms with van der Waals surface area (Å²) in [5, 5.41) is 9.61. The van der Waals surface area contributed by atoms with Crippen LogP contribution in [0.2, 0.25) is 0 Å². The lowest BCUT2D eigenvalue weighted by atomic mass is 10.1. The van der Waals surface area contributed by atoms with Gasteiger partial charge in [-0.2, -0.15) is 0 Å². The number of carbonyl (C=O) groups excluding carboxylic acids is 2. The summed E-state index contributed by atoms with van der Waals surface area (Å²) in [6.07, 6.45) is 40.7. The molecule has 0 saturated carbocycles. The minimum absolute atomic E-state index is 0.0559. The van der Waals surface area contributed by atoms with E-state index in [0.717, 1.165) is 57.8 Å². The first-order valence-electron chi connectivity index (χ1n) is 22.4. The first kappa shape index (κ1) is 51.8. The van der Waals surface area contributed by atoms with Gasteiger partial charge in [-0.05, 0) is 64.2 Å². The Morgan fingerprint density at radius 3 is 1.33 bits per heavy atom. The molecule has 0 aliphatic heterocycles. The summed E-state index contributed by atoms with van der Waals surface area (Å²) in [6, 6.07) is -0.615. The SMILES string of the molecule is CCCCCCC/C=C\CCCCCCCC(=O)OCC(COCCC(C(=O)O)[N+](C)(C)C)OC(=O)CCCCCCC/C=C\CCCCCCCCC. The second-order valence-corrected chi connectivity index (χ2v) is 16.3. The Kier molecular flexibility index (Phi) is 36.2. The summed E-state index contributed by atoms with van der Waals surface area (Å²) in [7, 11) is 5.52. The highest BCUT2D eigenvalue weighted by Gasteiger charge is 2.31. The smallest absolute Gasteiger partial charge is 0.362 e. The third kappa shape index (κ3) is 35.5. The molecule has 8 nitrogen and oxygen atoms in total. The highest BCUT2D eigenvalue weighted by molar-refractivity contribution is 5.72. The molecule has 54 heavy (non-hydrogen) atoms. The molecule has 2 atom stereocenters. The topological polar surface area (TPSA) is 99.1 Å². The summed E-state index contributed by atoms with van der Waals surface area (Å²) in [5.74, 6) is -1.48. The molecule has 0 heterocycles. The number of hydrogen-bond acceptors (Lipinski definition) is 6. The zero-order valence-electron chi connectivity index (χ0n) is 35.9. The van der Waals surface area contributed by atoms with E-state index in [1.807, 2.05) is 21.1 Å². The van der Waals surface area contributed by atoms with E-state index in [0.29, 0.717) is 19.3 Å². The Labute approximate surface area is 332 Å². The van der Waals surface area contributed by atoms with Crippen molar-refractivity contribution >= 4 is 17.9 Å². The molecule has 2 unspecified atom stereocenters. The van der Waals surface area contributed by atoms with Gasteiger partial charge in [-0.15, -0.1) is 0 Å². The molecule has 0 amide bonds. The number of carbonyl (C=O) groups is 3. The van der Waals surface area contributed by atoms with Crippen molar-refractivity contribution in [3.05, 3.63) is 24.3 Å². The molecule has 1 N–H and O–H groups in total. The van der Waals surface area contributed by atoms with Gasteiger partial charge in [0.05, 0.1) is 34.4 Å². The van der Waals surface area contributed by atoms with E-state index >= 15 is 0 Å². The van der Waals surface area contributed by atoms with E-state index in [4.69, 9.17) is 14.2 Å². The predicted octanol–water partition coefficient (Wildman–Crippen LogP) is 12.1. The van der Waals surface area contributed by atoms with Crippen LogP contribution in [-0.4, -0.2) is 80.6 Å². The van der Waals surface area contributed by atoms with Gasteiger partial charge in [-0.3, -0.25) is 9.59 Å². The van der Waals surface area contributed by atoms with Gasteiger partial charge in [0.15, 0.2) is 12.1 Å². The maximum atomic E-state index is 12.7. The summed E-state index contributed by atoms with van der Waals surface area (Å²) in [4.78, 5) is 36.9. The lowest BCUT2D eigenvalue weighted by Gasteiger charge is -2.31. The highest BCUT2D eigenvalue weighted by Crippen LogP contribution is 2.14. The van der Waals surface area contributed by atoms with Gasteiger partial charge in [0.25, 0.3) is 0 Å². The van der Waals surface area contributed by atoms with Crippen LogP contribution in [-0.2, 0) is 28.6 Å². The van der Waals surface area contributed by atoms with Crippen molar-refractivity contribution in [2.75, 3.05) is 41.0 Å². The fraction of sp³-hybridized carbons (Fsp3) is 0.848. The lowest BCUT2D eigenvalue weighted by Crippen LogP contribution is -2.50. The molecule has 0 fully saturated rings. The van der Waals surface area contributed by atoms with Gasteiger partial charge < -0.3 is 23.8 Å². The number of ether oxygens (including phenoxy) is 3. The minimum Gasteiger partial charge on any atom is -0.477 e. The van der Waals surface area contributed by atoms with E-state index in [1.165, 1.54) is 109 Å². The number of esters is 2. The van der Waals surface area contributed by atoms with Crippen molar-refractivity contribution in [1.82, 2.24) is 0 Å². The number of allylic oxidation sites excluding steroid dienone is 4. The second-order valence-electron chi connectivity index (χ2n) is 16.3. The van der Waals surface area contributed by atoms with Crippen LogP contribution in [0.15, 0.2) is 24.3 Å². The Bertz CT molecular complexity index is 942. The van der Waals surface area contributed by atoms with Crippen LogP contribution in [0.25, 0.3) is 0 Å². The summed E-state index contributed by atoms with van der Waals surface area (Å²) in [5.41, 5.74) is 0. The number of nitrogens with zero attached hydrogens (tertiary/aromatic N) is 1. The number of rotatable bonds is 40. The van der Waals surface area contributed by atoms with Crippen molar-refractivity contribution < 1.29 is 38.2 Å². The molecule has 0 aliphatic carbocycles. The number of carboxylic acids is 1. The zero-order chi connectivity index (χ0) is 40.0. The number of carboxylic acid groups (broad SMARTS) is 1. The average molecular weight is 765 g/mol. The van der Waals surface area contributed by atoms with Crippen LogP contribution in [0.4, 0.5) is 0 Å². The molecular weight excluding hydrogens is 679 g/mol. The van der Waals surface area contributed by atoms with Crippen LogP contribution < -0.4 is 0 Å². The fourth-order valence-electron chi connectivity index (χ4n) is 6.55. The molecule has 0 bridgehead atoms. The van der Waals surface area contributed by atoms with E-state index in [2.05, 4.69) is 38.2 Å². The van der Waals surface area contributed by atoms with Gasteiger partial charge >= 0.3 is 17.9 Å². The van der Waals surface area contributed by atoms with Crippen LogP contribution in [0, 0.1) is 0 Å². The van der Waals surface area contributed by atoms with Gasteiger partial charge in [0, 0.05) is 19.3 Å². The molecule has 316 valence electrons. The zero-order valence-corrected chi connectivity index (χ0v) is 35.9. The minimum atomic E-state index is -0.876. The Morgan fingerprint density at radius 2 is 0.926 bits per heavy atom. The maximum Gasteiger partial charge on any atom is 0.362 e. The molecule has 0 spiro atoms. The Morgan fingerprint density at radius 1 is 0.537 bits per heavy atom. The van der Waals surface area contributed by atoms with E-state index < -0.39 is 18.1 Å². The summed E-state index contributed by atoms with van der Waals surface area (Å²) in [6.45, 7) is 4.72. The number of quaternary nitrogens is 1. The monoisotopic (exact) mass is 765 g/mol. The highest BCUT2D eigenvalue weighted by atomic mass is 16.6. The van der Waals surface area contributed by atoms with Gasteiger partial charge in [0.1, 0.15) is 6.61 Å². The van der Waals surface area contributed by atoms with E-state index in [1.54, 1.807) is 0 Å². The van der Waals surface area contributed by atoms with Crippen LogP contribution in [0.3, 0.4) is 0 Å². The molecule has 0 aromatic heterocycles.